The van der Waals surface area contributed by atoms with E-state index in [9.17, 15) is 9.90 Å². The molecule has 20 heavy (non-hydrogen) atoms. The fraction of sp³-hybridized carbons (Fsp3) is 0.941. The molecule has 1 aliphatic heterocycles. The van der Waals surface area contributed by atoms with E-state index in [0.29, 0.717) is 24.2 Å². The topological polar surface area (TPSA) is 40.5 Å². The van der Waals surface area contributed by atoms with Crippen molar-refractivity contribution in [3.05, 3.63) is 0 Å². The van der Waals surface area contributed by atoms with Gasteiger partial charge in [-0.05, 0) is 62.2 Å². The van der Waals surface area contributed by atoms with Crippen LogP contribution in [0, 0.1) is 17.3 Å². The van der Waals surface area contributed by atoms with Gasteiger partial charge < -0.3 is 10.0 Å². The number of hydrogen-bond donors (Lipinski definition) is 1. The molecule has 0 aromatic rings. The molecule has 0 radical (unpaired) electrons. The third-order valence-corrected chi connectivity index (χ3v) is 5.71. The minimum atomic E-state index is -0.499. The average Bonchev–Trinajstić information content (AvgIpc) is 2.76. The van der Waals surface area contributed by atoms with E-state index in [1.807, 2.05) is 4.90 Å². The van der Waals surface area contributed by atoms with Crippen molar-refractivity contribution in [3.63, 3.8) is 0 Å². The number of carbonyl (C=O) groups is 1. The molecule has 2 saturated carbocycles. The quantitative estimate of drug-likeness (QED) is 0.844. The van der Waals surface area contributed by atoms with Gasteiger partial charge in [0, 0.05) is 19.5 Å². The Labute approximate surface area is 122 Å². The molecule has 3 fully saturated rings. The summed E-state index contributed by atoms with van der Waals surface area (Å²) in [4.78, 5) is 14.5. The van der Waals surface area contributed by atoms with Gasteiger partial charge >= 0.3 is 0 Å². The molecule has 1 amide bonds. The molecule has 114 valence electrons. The Balaban J connectivity index is 1.68. The van der Waals surface area contributed by atoms with Crippen molar-refractivity contribution in [2.45, 2.75) is 70.8 Å². The van der Waals surface area contributed by atoms with E-state index in [1.54, 1.807) is 0 Å². The normalized spacial score (nSPS) is 44.6. The number of carbonyl (C=O) groups excluding carboxylic acids is 1. The van der Waals surface area contributed by atoms with Crippen molar-refractivity contribution < 1.29 is 9.90 Å². The zero-order chi connectivity index (χ0) is 14.4. The van der Waals surface area contributed by atoms with Crippen molar-refractivity contribution in [2.24, 2.45) is 17.3 Å². The predicted octanol–water partition coefficient (Wildman–Crippen LogP) is 2.97. The third-order valence-electron chi connectivity index (χ3n) is 5.71. The summed E-state index contributed by atoms with van der Waals surface area (Å²) < 4.78 is 0. The lowest BCUT2D eigenvalue weighted by Gasteiger charge is -2.52. The van der Waals surface area contributed by atoms with Gasteiger partial charge in [0.25, 0.3) is 0 Å². The Kier molecular flexibility index (Phi) is 3.60. The summed E-state index contributed by atoms with van der Waals surface area (Å²) in [6.07, 6.45) is 8.02. The van der Waals surface area contributed by atoms with Crippen LogP contribution in [0.1, 0.15) is 65.2 Å². The highest BCUT2D eigenvalue weighted by molar-refractivity contribution is 5.77. The van der Waals surface area contributed by atoms with Gasteiger partial charge in [-0.2, -0.15) is 0 Å². The zero-order valence-corrected chi connectivity index (χ0v) is 13.0. The third kappa shape index (κ3) is 2.88. The van der Waals surface area contributed by atoms with E-state index < -0.39 is 5.60 Å². The fourth-order valence-electron chi connectivity index (χ4n) is 5.45. The van der Waals surface area contributed by atoms with Gasteiger partial charge in [-0.25, -0.2) is 0 Å². The fourth-order valence-corrected chi connectivity index (χ4v) is 5.45. The summed E-state index contributed by atoms with van der Waals surface area (Å²) in [6, 6.07) is 0. The number of nitrogens with zero attached hydrogens (tertiary/aromatic N) is 1. The van der Waals surface area contributed by atoms with Crippen molar-refractivity contribution in [3.8, 4) is 0 Å². The summed E-state index contributed by atoms with van der Waals surface area (Å²) in [5.74, 6) is 1.58. The van der Waals surface area contributed by atoms with Crippen LogP contribution in [0.4, 0.5) is 0 Å². The van der Waals surface area contributed by atoms with Crippen LogP contribution in [0.5, 0.6) is 0 Å². The Morgan fingerprint density at radius 3 is 2.60 bits per heavy atom. The van der Waals surface area contributed by atoms with Gasteiger partial charge in [-0.1, -0.05) is 13.8 Å². The number of hydrogen-bond acceptors (Lipinski definition) is 2. The molecule has 3 heteroatoms. The molecule has 3 nitrogen and oxygen atoms in total. The molecule has 1 N–H and O–H groups in total. The molecule has 0 aromatic heterocycles. The summed E-state index contributed by atoms with van der Waals surface area (Å²) in [5.41, 5.74) is -0.488. The standard InChI is InChI=1S/C17H29NO2/c1-13-7-14-9-16(2,12-17(20,8-13)10-14)11-15(19)18-5-3-4-6-18/h13-14,20H,3-12H2,1-2H3/t13?,14?,16?,17-/m1/s1. The number of likely N-dealkylation sites (tertiary alicyclic amines) is 1. The molecule has 2 aliphatic carbocycles. The molecule has 3 aliphatic rings. The highest BCUT2D eigenvalue weighted by atomic mass is 16.3. The molecule has 0 spiro atoms. The van der Waals surface area contributed by atoms with Gasteiger partial charge in [0.15, 0.2) is 0 Å². The van der Waals surface area contributed by atoms with Crippen LogP contribution < -0.4 is 0 Å². The van der Waals surface area contributed by atoms with E-state index in [2.05, 4.69) is 13.8 Å². The van der Waals surface area contributed by atoms with Crippen molar-refractivity contribution in [1.29, 1.82) is 0 Å². The second-order valence-electron chi connectivity index (χ2n) is 8.30. The van der Waals surface area contributed by atoms with Crippen LogP contribution in [0.3, 0.4) is 0 Å². The molecular weight excluding hydrogens is 250 g/mol. The highest BCUT2D eigenvalue weighted by Gasteiger charge is 2.49. The molecular formula is C17H29NO2. The molecule has 1 saturated heterocycles. The Bertz CT molecular complexity index is 386. The van der Waals surface area contributed by atoms with E-state index >= 15 is 0 Å². The average molecular weight is 279 g/mol. The minimum absolute atomic E-state index is 0.0114. The maximum Gasteiger partial charge on any atom is 0.223 e. The largest absolute Gasteiger partial charge is 0.390 e. The van der Waals surface area contributed by atoms with Gasteiger partial charge in [-0.3, -0.25) is 4.79 Å². The summed E-state index contributed by atoms with van der Waals surface area (Å²) >= 11 is 0. The van der Waals surface area contributed by atoms with Crippen LogP contribution >= 0.6 is 0 Å². The number of aliphatic hydroxyl groups is 1. The highest BCUT2D eigenvalue weighted by Crippen LogP contribution is 2.53. The van der Waals surface area contributed by atoms with Crippen LogP contribution in [0.25, 0.3) is 0 Å². The van der Waals surface area contributed by atoms with E-state index in [0.717, 1.165) is 51.6 Å². The van der Waals surface area contributed by atoms with E-state index in [4.69, 9.17) is 0 Å². The monoisotopic (exact) mass is 279 g/mol. The van der Waals surface area contributed by atoms with Gasteiger partial charge in [0.2, 0.25) is 5.91 Å². The summed E-state index contributed by atoms with van der Waals surface area (Å²) in [5, 5.41) is 10.9. The summed E-state index contributed by atoms with van der Waals surface area (Å²) in [7, 11) is 0. The molecule has 4 atom stereocenters. The molecule has 3 rings (SSSR count). The lowest BCUT2D eigenvalue weighted by Crippen LogP contribution is -2.49. The maximum atomic E-state index is 12.5. The van der Waals surface area contributed by atoms with Crippen LogP contribution in [0.2, 0.25) is 0 Å². The molecule has 3 unspecified atom stereocenters. The Morgan fingerprint density at radius 1 is 1.25 bits per heavy atom. The first-order chi connectivity index (χ1) is 9.38. The van der Waals surface area contributed by atoms with Gasteiger partial charge in [-0.15, -0.1) is 0 Å². The first-order valence-corrected chi connectivity index (χ1v) is 8.38. The molecule has 0 aromatic carbocycles. The zero-order valence-electron chi connectivity index (χ0n) is 13.0. The second kappa shape index (κ2) is 5.01. The van der Waals surface area contributed by atoms with Crippen LogP contribution in [-0.2, 0) is 4.79 Å². The lowest BCUT2D eigenvalue weighted by molar-refractivity contribution is -0.140. The summed E-state index contributed by atoms with van der Waals surface area (Å²) in [6.45, 7) is 6.38. The van der Waals surface area contributed by atoms with Gasteiger partial charge in [0.1, 0.15) is 0 Å². The first kappa shape index (κ1) is 14.4. The Morgan fingerprint density at radius 2 is 1.95 bits per heavy atom. The van der Waals surface area contributed by atoms with E-state index in [1.165, 1.54) is 6.42 Å². The number of rotatable bonds is 2. The lowest BCUT2D eigenvalue weighted by atomic mass is 9.56. The van der Waals surface area contributed by atoms with Crippen LogP contribution in [0.15, 0.2) is 0 Å². The second-order valence-corrected chi connectivity index (χ2v) is 8.30. The minimum Gasteiger partial charge on any atom is -0.390 e. The smallest absolute Gasteiger partial charge is 0.223 e. The SMILES string of the molecule is CC1CC2CC(C)(CC(=O)N3CCCC3)C[C@@](O)(C1)C2. The first-order valence-electron chi connectivity index (χ1n) is 8.38. The van der Waals surface area contributed by atoms with Crippen molar-refractivity contribution >= 4 is 5.91 Å². The Hall–Kier alpha value is -0.570. The predicted molar refractivity (Wildman–Crippen MR) is 79.2 cm³/mol. The molecule has 1 heterocycles. The van der Waals surface area contributed by atoms with Crippen molar-refractivity contribution in [1.82, 2.24) is 4.90 Å². The van der Waals surface area contributed by atoms with Crippen molar-refractivity contribution in [2.75, 3.05) is 13.1 Å². The van der Waals surface area contributed by atoms with E-state index in [-0.39, 0.29) is 5.41 Å². The van der Waals surface area contributed by atoms with Gasteiger partial charge in [0.05, 0.1) is 5.60 Å². The van der Waals surface area contributed by atoms with Crippen LogP contribution in [-0.4, -0.2) is 34.6 Å². The maximum absolute atomic E-state index is 12.5. The number of fused-ring (bicyclic) bond motifs is 2. The number of amides is 1. The molecule has 2 bridgehead atoms.